The van der Waals surface area contributed by atoms with Crippen molar-refractivity contribution in [3.8, 4) is 22.3 Å². The van der Waals surface area contributed by atoms with Crippen LogP contribution >= 0.6 is 0 Å². The molecule has 0 aliphatic heterocycles. The molecule has 0 spiro atoms. The maximum atomic E-state index is 2.56. The predicted octanol–water partition coefficient (Wildman–Crippen LogP) is 14.3. The summed E-state index contributed by atoms with van der Waals surface area (Å²) in [6.45, 7) is 9.71. The van der Waals surface area contributed by atoms with E-state index in [0.29, 0.717) is 0 Å². The number of benzene rings is 8. The summed E-state index contributed by atoms with van der Waals surface area (Å²) in [6.07, 6.45) is 0.941. The van der Waals surface area contributed by atoms with Crippen LogP contribution in [0.3, 0.4) is 0 Å². The normalized spacial score (nSPS) is 14.3. The molecule has 0 radical (unpaired) electrons. The smallest absolute Gasteiger partial charge is 0.0465 e. The number of nitrogens with zero attached hydrogens (tertiary/aromatic N) is 1. The highest BCUT2D eigenvalue weighted by Crippen LogP contribution is 2.58. The Morgan fingerprint density at radius 3 is 1.47 bits per heavy atom. The zero-order valence-corrected chi connectivity index (χ0v) is 32.1. The van der Waals surface area contributed by atoms with Crippen molar-refractivity contribution in [2.45, 2.75) is 50.9 Å². The Morgan fingerprint density at radius 2 is 0.873 bits per heavy atom. The Hall–Kier alpha value is -6.18. The SMILES string of the molecule is CC1(C)c2cc(N(c3ccccc3)c3ccccc3)ccc2-c2cc3c(cc21)-c1c(cc(CC(c2ccccc2)c2ccccc2)c2ccccc12)C3(C)C. The molecular weight excluding hydrogens is 663 g/mol. The molecule has 0 saturated carbocycles. The van der Waals surface area contributed by atoms with Gasteiger partial charge < -0.3 is 4.90 Å². The average molecular weight is 708 g/mol. The van der Waals surface area contributed by atoms with Crippen molar-refractivity contribution >= 4 is 27.8 Å². The fourth-order valence-electron chi connectivity index (χ4n) is 9.80. The van der Waals surface area contributed by atoms with E-state index in [1.54, 1.807) is 0 Å². The first-order chi connectivity index (χ1) is 26.8. The van der Waals surface area contributed by atoms with Gasteiger partial charge in [-0.1, -0.05) is 161 Å². The largest absolute Gasteiger partial charge is 0.310 e. The van der Waals surface area contributed by atoms with E-state index < -0.39 is 0 Å². The van der Waals surface area contributed by atoms with Gasteiger partial charge >= 0.3 is 0 Å². The minimum absolute atomic E-state index is 0.155. The van der Waals surface area contributed by atoms with Crippen molar-refractivity contribution in [2.75, 3.05) is 4.90 Å². The molecule has 10 rings (SSSR count). The lowest BCUT2D eigenvalue weighted by atomic mass is 9.78. The fourth-order valence-corrected chi connectivity index (χ4v) is 9.80. The van der Waals surface area contributed by atoms with Gasteiger partial charge in [0.05, 0.1) is 0 Å². The van der Waals surface area contributed by atoms with Crippen LogP contribution in [0.4, 0.5) is 17.1 Å². The maximum absolute atomic E-state index is 2.56. The van der Waals surface area contributed by atoms with Crippen LogP contribution in [0.2, 0.25) is 0 Å². The molecule has 0 bridgehead atoms. The Bertz CT molecular complexity index is 2630. The van der Waals surface area contributed by atoms with Gasteiger partial charge in [-0.05, 0) is 127 Å². The van der Waals surface area contributed by atoms with Crippen LogP contribution in [0.25, 0.3) is 33.0 Å². The fraction of sp³-hybridized carbons (Fsp3) is 0.148. The van der Waals surface area contributed by atoms with Gasteiger partial charge in [0, 0.05) is 33.8 Å². The van der Waals surface area contributed by atoms with Crippen molar-refractivity contribution in [1.82, 2.24) is 0 Å². The first kappa shape index (κ1) is 33.4. The molecule has 0 unspecified atom stereocenters. The number of fused-ring (bicyclic) bond motifs is 8. The van der Waals surface area contributed by atoms with E-state index in [1.807, 2.05) is 0 Å². The summed E-state index contributed by atoms with van der Waals surface area (Å²) >= 11 is 0. The van der Waals surface area contributed by atoms with Crippen molar-refractivity contribution < 1.29 is 0 Å². The summed E-state index contributed by atoms with van der Waals surface area (Å²) in [5.74, 6) is 0.265. The van der Waals surface area contributed by atoms with Crippen molar-refractivity contribution in [1.29, 1.82) is 0 Å². The third kappa shape index (κ3) is 5.29. The molecule has 0 N–H and O–H groups in total. The summed E-state index contributed by atoms with van der Waals surface area (Å²) in [6, 6.07) is 67.5. The molecule has 1 heteroatoms. The summed E-state index contributed by atoms with van der Waals surface area (Å²) < 4.78 is 0. The van der Waals surface area contributed by atoms with Crippen LogP contribution in [0, 0.1) is 0 Å². The van der Waals surface area contributed by atoms with Gasteiger partial charge in [0.1, 0.15) is 0 Å². The molecule has 266 valence electrons. The molecule has 0 heterocycles. The van der Waals surface area contributed by atoms with Crippen molar-refractivity contribution in [2.24, 2.45) is 0 Å². The topological polar surface area (TPSA) is 3.24 Å². The molecule has 0 fully saturated rings. The third-order valence-corrected chi connectivity index (χ3v) is 12.7. The van der Waals surface area contributed by atoms with Crippen LogP contribution in [0.15, 0.2) is 182 Å². The second-order valence-electron chi connectivity index (χ2n) is 16.5. The van der Waals surface area contributed by atoms with Crippen LogP contribution in [-0.2, 0) is 17.3 Å². The highest BCUT2D eigenvalue weighted by atomic mass is 15.1. The van der Waals surface area contributed by atoms with E-state index in [9.17, 15) is 0 Å². The Balaban J connectivity index is 1.11. The second-order valence-corrected chi connectivity index (χ2v) is 16.5. The highest BCUT2D eigenvalue weighted by molar-refractivity contribution is 6.05. The summed E-state index contributed by atoms with van der Waals surface area (Å²) in [7, 11) is 0. The quantitative estimate of drug-likeness (QED) is 0.159. The Kier molecular flexibility index (Phi) is 7.72. The first-order valence-electron chi connectivity index (χ1n) is 19.7. The molecule has 8 aromatic rings. The van der Waals surface area contributed by atoms with E-state index >= 15 is 0 Å². The Morgan fingerprint density at radius 1 is 0.400 bits per heavy atom. The van der Waals surface area contributed by atoms with E-state index in [2.05, 4.69) is 215 Å². The van der Waals surface area contributed by atoms with Gasteiger partial charge in [0.15, 0.2) is 0 Å². The van der Waals surface area contributed by atoms with E-state index in [0.717, 1.165) is 17.8 Å². The van der Waals surface area contributed by atoms with Crippen LogP contribution in [0.1, 0.15) is 72.6 Å². The number of rotatable bonds is 7. The molecule has 0 aromatic heterocycles. The summed E-state index contributed by atoms with van der Waals surface area (Å²) in [4.78, 5) is 2.38. The van der Waals surface area contributed by atoms with Gasteiger partial charge in [-0.2, -0.15) is 0 Å². The standard InChI is InChI=1S/C54H45N/c1-53(2)48-33-41(55(39-23-13-7-14-24-39)40-25-15-8-16-26-40)29-30-43(48)46-34-50-47(35-49(46)53)52-44-28-18-17-27-42(44)38(32-51(52)54(50,3)4)31-45(36-19-9-5-10-20-36)37-21-11-6-12-22-37/h5-30,32-35,45H,31H2,1-4H3. The Labute approximate surface area is 325 Å². The average Bonchev–Trinajstić information content (AvgIpc) is 3.59. The number of anilines is 3. The summed E-state index contributed by atoms with van der Waals surface area (Å²) in [5.41, 5.74) is 18.5. The molecule has 55 heavy (non-hydrogen) atoms. The van der Waals surface area contributed by atoms with Crippen molar-refractivity contribution in [3.05, 3.63) is 221 Å². The number of hydrogen-bond donors (Lipinski definition) is 0. The third-order valence-electron chi connectivity index (χ3n) is 12.7. The molecule has 8 aromatic carbocycles. The molecule has 1 nitrogen and oxygen atoms in total. The molecule has 0 saturated heterocycles. The second kappa shape index (κ2) is 12.7. The van der Waals surface area contributed by atoms with Gasteiger partial charge in [0.2, 0.25) is 0 Å². The van der Waals surface area contributed by atoms with Crippen LogP contribution in [0.5, 0.6) is 0 Å². The summed E-state index contributed by atoms with van der Waals surface area (Å²) in [5, 5.41) is 2.72. The molecule has 0 amide bonds. The maximum Gasteiger partial charge on any atom is 0.0465 e. The first-order valence-corrected chi connectivity index (χ1v) is 19.7. The minimum atomic E-state index is -0.171. The molecule has 2 aliphatic rings. The number of para-hydroxylation sites is 2. The predicted molar refractivity (Wildman–Crippen MR) is 232 cm³/mol. The monoisotopic (exact) mass is 707 g/mol. The van der Waals surface area contributed by atoms with Gasteiger partial charge in [-0.25, -0.2) is 0 Å². The molecule has 2 aliphatic carbocycles. The number of hydrogen-bond acceptors (Lipinski definition) is 1. The van der Waals surface area contributed by atoms with Gasteiger partial charge in [-0.3, -0.25) is 0 Å². The van der Waals surface area contributed by atoms with E-state index in [1.165, 1.54) is 77.7 Å². The zero-order chi connectivity index (χ0) is 37.3. The van der Waals surface area contributed by atoms with E-state index in [-0.39, 0.29) is 16.7 Å². The zero-order valence-electron chi connectivity index (χ0n) is 32.1. The molecule has 0 atom stereocenters. The van der Waals surface area contributed by atoms with Crippen molar-refractivity contribution in [3.63, 3.8) is 0 Å². The highest BCUT2D eigenvalue weighted by Gasteiger charge is 2.43. The van der Waals surface area contributed by atoms with Crippen LogP contribution < -0.4 is 4.90 Å². The molecular formula is C54H45N. The lowest BCUT2D eigenvalue weighted by Gasteiger charge is -2.28. The van der Waals surface area contributed by atoms with E-state index in [4.69, 9.17) is 0 Å². The van der Waals surface area contributed by atoms with Crippen LogP contribution in [-0.4, -0.2) is 0 Å². The van der Waals surface area contributed by atoms with Gasteiger partial charge in [0.25, 0.3) is 0 Å². The van der Waals surface area contributed by atoms with Gasteiger partial charge in [-0.15, -0.1) is 0 Å². The minimum Gasteiger partial charge on any atom is -0.310 e. The lowest BCUT2D eigenvalue weighted by Crippen LogP contribution is -2.17. The lowest BCUT2D eigenvalue weighted by molar-refractivity contribution is 0.651.